The van der Waals surface area contributed by atoms with E-state index in [4.69, 9.17) is 0 Å². The quantitative estimate of drug-likeness (QED) is 0.768. The van der Waals surface area contributed by atoms with Crippen molar-refractivity contribution in [3.63, 3.8) is 0 Å². The van der Waals surface area contributed by atoms with Crippen molar-refractivity contribution in [1.29, 1.82) is 0 Å². The first kappa shape index (κ1) is 11.4. The van der Waals surface area contributed by atoms with E-state index in [1.165, 1.54) is 51.7 Å². The molecule has 2 nitrogen and oxygen atoms in total. The van der Waals surface area contributed by atoms with Crippen molar-refractivity contribution in [3.8, 4) is 0 Å². The first-order valence-corrected chi connectivity index (χ1v) is 6.77. The Bertz CT molecular complexity index is 185. The van der Waals surface area contributed by atoms with Crippen LogP contribution in [0.1, 0.15) is 46.0 Å². The van der Waals surface area contributed by atoms with Crippen molar-refractivity contribution in [2.24, 2.45) is 5.92 Å². The number of hydrogen-bond acceptors (Lipinski definition) is 2. The Hall–Kier alpha value is -0.0800. The smallest absolute Gasteiger partial charge is 0.0221 e. The molecule has 0 aliphatic carbocycles. The summed E-state index contributed by atoms with van der Waals surface area (Å²) >= 11 is 0. The number of rotatable bonds is 3. The second-order valence-corrected chi connectivity index (χ2v) is 5.48. The molecule has 0 bridgehead atoms. The van der Waals surface area contributed by atoms with Gasteiger partial charge in [-0.25, -0.2) is 0 Å². The van der Waals surface area contributed by atoms with Crippen molar-refractivity contribution in [2.75, 3.05) is 19.6 Å². The lowest BCUT2D eigenvalue weighted by molar-refractivity contribution is 0.180. The van der Waals surface area contributed by atoms with E-state index in [9.17, 15) is 0 Å². The van der Waals surface area contributed by atoms with Crippen molar-refractivity contribution in [1.82, 2.24) is 10.2 Å². The van der Waals surface area contributed by atoms with Gasteiger partial charge in [0.2, 0.25) is 0 Å². The Kier molecular flexibility index (Phi) is 4.04. The Morgan fingerprint density at radius 2 is 2.13 bits per heavy atom. The van der Waals surface area contributed by atoms with Crippen LogP contribution in [0, 0.1) is 5.92 Å². The fraction of sp³-hybridized carbons (Fsp3) is 1.00. The van der Waals surface area contributed by atoms with Crippen LogP contribution in [-0.2, 0) is 0 Å². The molecule has 1 N–H and O–H groups in total. The summed E-state index contributed by atoms with van der Waals surface area (Å²) in [6.45, 7) is 8.56. The molecule has 3 atom stereocenters. The van der Waals surface area contributed by atoms with Gasteiger partial charge in [-0.2, -0.15) is 0 Å². The lowest BCUT2D eigenvalue weighted by Crippen LogP contribution is -2.48. The van der Waals surface area contributed by atoms with Crippen LogP contribution < -0.4 is 5.32 Å². The van der Waals surface area contributed by atoms with Crippen LogP contribution >= 0.6 is 0 Å². The Morgan fingerprint density at radius 1 is 1.27 bits per heavy atom. The summed E-state index contributed by atoms with van der Waals surface area (Å²) < 4.78 is 0. The zero-order valence-corrected chi connectivity index (χ0v) is 10.3. The summed E-state index contributed by atoms with van der Waals surface area (Å²) in [7, 11) is 0. The number of likely N-dealkylation sites (tertiary alicyclic amines) is 1. The standard InChI is InChI=1S/C13H26N2/c1-3-4-12-7-8-15(10-12)13-6-5-11(2)14-9-13/h11-14H,3-10H2,1-2H3. The molecule has 2 saturated heterocycles. The van der Waals surface area contributed by atoms with Gasteiger partial charge in [-0.05, 0) is 45.1 Å². The molecule has 15 heavy (non-hydrogen) atoms. The lowest BCUT2D eigenvalue weighted by Gasteiger charge is -2.34. The Balaban J connectivity index is 1.75. The van der Waals surface area contributed by atoms with E-state index < -0.39 is 0 Å². The van der Waals surface area contributed by atoms with Gasteiger partial charge in [0.1, 0.15) is 0 Å². The highest BCUT2D eigenvalue weighted by molar-refractivity contribution is 4.86. The van der Waals surface area contributed by atoms with Gasteiger partial charge in [0, 0.05) is 25.2 Å². The Labute approximate surface area is 94.4 Å². The molecule has 0 aromatic rings. The molecule has 0 saturated carbocycles. The molecule has 0 radical (unpaired) electrons. The first-order chi connectivity index (χ1) is 7.29. The second-order valence-electron chi connectivity index (χ2n) is 5.48. The maximum absolute atomic E-state index is 3.61. The van der Waals surface area contributed by atoms with Crippen molar-refractivity contribution in [3.05, 3.63) is 0 Å². The highest BCUT2D eigenvalue weighted by Gasteiger charge is 2.29. The predicted octanol–water partition coefficient (Wildman–Crippen LogP) is 2.25. The number of nitrogens with zero attached hydrogens (tertiary/aromatic N) is 1. The first-order valence-electron chi connectivity index (χ1n) is 6.77. The van der Waals surface area contributed by atoms with Crippen LogP contribution in [0.15, 0.2) is 0 Å². The molecule has 3 unspecified atom stereocenters. The van der Waals surface area contributed by atoms with Gasteiger partial charge < -0.3 is 5.32 Å². The molecule has 2 fully saturated rings. The maximum atomic E-state index is 3.61. The molecular formula is C13H26N2. The highest BCUT2D eigenvalue weighted by atomic mass is 15.2. The molecule has 2 aliphatic heterocycles. The zero-order chi connectivity index (χ0) is 10.7. The van der Waals surface area contributed by atoms with Crippen LogP contribution in [0.2, 0.25) is 0 Å². The van der Waals surface area contributed by atoms with Crippen molar-refractivity contribution < 1.29 is 0 Å². The number of hydrogen-bond donors (Lipinski definition) is 1. The average molecular weight is 210 g/mol. The van der Waals surface area contributed by atoms with Crippen LogP contribution in [0.25, 0.3) is 0 Å². The highest BCUT2D eigenvalue weighted by Crippen LogP contribution is 2.25. The van der Waals surface area contributed by atoms with Gasteiger partial charge in [-0.1, -0.05) is 13.3 Å². The van der Waals surface area contributed by atoms with E-state index in [-0.39, 0.29) is 0 Å². The monoisotopic (exact) mass is 210 g/mol. The third-order valence-electron chi connectivity index (χ3n) is 4.17. The summed E-state index contributed by atoms with van der Waals surface area (Å²) in [5, 5.41) is 3.61. The third-order valence-corrected chi connectivity index (χ3v) is 4.17. The van der Waals surface area contributed by atoms with Gasteiger partial charge in [0.15, 0.2) is 0 Å². The van der Waals surface area contributed by atoms with Gasteiger partial charge in [0.25, 0.3) is 0 Å². The maximum Gasteiger partial charge on any atom is 0.0221 e. The summed E-state index contributed by atoms with van der Waals surface area (Å²) in [6.07, 6.45) is 7.01. The SMILES string of the molecule is CCCC1CCN(C2CCC(C)NC2)C1. The summed E-state index contributed by atoms with van der Waals surface area (Å²) in [4.78, 5) is 2.74. The second kappa shape index (κ2) is 5.31. The summed E-state index contributed by atoms with van der Waals surface area (Å²) in [6, 6.07) is 1.58. The van der Waals surface area contributed by atoms with E-state index in [0.29, 0.717) is 0 Å². The average Bonchev–Trinajstić information content (AvgIpc) is 2.68. The number of nitrogens with one attached hydrogen (secondary N) is 1. The molecule has 0 aromatic carbocycles. The fourth-order valence-corrected chi connectivity index (χ4v) is 3.13. The summed E-state index contributed by atoms with van der Waals surface area (Å²) in [5.74, 6) is 0.995. The van der Waals surface area contributed by atoms with E-state index in [1.54, 1.807) is 0 Å². The molecule has 2 heterocycles. The Morgan fingerprint density at radius 3 is 2.80 bits per heavy atom. The predicted molar refractivity (Wildman–Crippen MR) is 65.1 cm³/mol. The molecule has 2 rings (SSSR count). The molecule has 88 valence electrons. The van der Waals surface area contributed by atoms with Crippen LogP contribution in [0.4, 0.5) is 0 Å². The largest absolute Gasteiger partial charge is 0.313 e. The van der Waals surface area contributed by atoms with Crippen molar-refractivity contribution in [2.45, 2.75) is 58.0 Å². The van der Waals surface area contributed by atoms with Crippen molar-refractivity contribution >= 4 is 0 Å². The van der Waals surface area contributed by atoms with Crippen LogP contribution in [0.3, 0.4) is 0 Å². The zero-order valence-electron chi connectivity index (χ0n) is 10.3. The third kappa shape index (κ3) is 2.94. The minimum absolute atomic E-state index is 0.746. The minimum atomic E-state index is 0.746. The van der Waals surface area contributed by atoms with E-state index in [0.717, 1.165) is 18.0 Å². The normalized spacial score (nSPS) is 38.4. The van der Waals surface area contributed by atoms with Gasteiger partial charge in [0.05, 0.1) is 0 Å². The van der Waals surface area contributed by atoms with E-state index in [2.05, 4.69) is 24.1 Å². The fourth-order valence-electron chi connectivity index (χ4n) is 3.13. The van der Waals surface area contributed by atoms with Crippen LogP contribution in [0.5, 0.6) is 0 Å². The number of piperidine rings is 1. The van der Waals surface area contributed by atoms with E-state index in [1.807, 2.05) is 0 Å². The van der Waals surface area contributed by atoms with Gasteiger partial charge in [-0.3, -0.25) is 4.90 Å². The lowest BCUT2D eigenvalue weighted by atomic mass is 10.0. The molecule has 0 aromatic heterocycles. The molecule has 2 heteroatoms. The molecule has 0 amide bonds. The van der Waals surface area contributed by atoms with Gasteiger partial charge in [-0.15, -0.1) is 0 Å². The van der Waals surface area contributed by atoms with Crippen LogP contribution in [-0.4, -0.2) is 36.6 Å². The minimum Gasteiger partial charge on any atom is -0.313 e. The molecule has 0 spiro atoms. The molecule has 2 aliphatic rings. The molecular weight excluding hydrogens is 184 g/mol. The topological polar surface area (TPSA) is 15.3 Å². The van der Waals surface area contributed by atoms with E-state index >= 15 is 0 Å². The van der Waals surface area contributed by atoms with Gasteiger partial charge >= 0.3 is 0 Å². The summed E-state index contributed by atoms with van der Waals surface area (Å²) in [5.41, 5.74) is 0.